The second-order valence-electron chi connectivity index (χ2n) is 7.70. The molecular weight excluding hydrogens is 436 g/mol. The van der Waals surface area contributed by atoms with Crippen molar-refractivity contribution in [2.24, 2.45) is 0 Å². The molecule has 0 saturated heterocycles. The highest BCUT2D eigenvalue weighted by atomic mass is 32.2. The van der Waals surface area contributed by atoms with Crippen LogP contribution < -0.4 is 0 Å². The van der Waals surface area contributed by atoms with E-state index in [1.54, 1.807) is 36.4 Å². The zero-order valence-corrected chi connectivity index (χ0v) is 18.8. The fraction of sp³-hybridized carbons (Fsp3) is 0.0769. The Balaban J connectivity index is 1.96. The molecule has 0 spiro atoms. The number of benzene rings is 3. The number of aryl methyl sites for hydroxylation is 1. The molecule has 33 heavy (non-hydrogen) atoms. The minimum atomic E-state index is -3.94. The molecule has 5 aromatic rings. The minimum Gasteiger partial charge on any atom is -0.464 e. The lowest BCUT2D eigenvalue weighted by molar-refractivity contribution is 0.0595. The van der Waals surface area contributed by atoms with Crippen LogP contribution in [0.15, 0.2) is 90.0 Å². The second-order valence-corrected chi connectivity index (χ2v) is 9.49. The van der Waals surface area contributed by atoms with Gasteiger partial charge in [0.25, 0.3) is 10.0 Å². The molecule has 0 aliphatic rings. The molecule has 164 valence electrons. The van der Waals surface area contributed by atoms with E-state index in [-0.39, 0.29) is 10.6 Å². The Kier molecular flexibility index (Phi) is 4.98. The van der Waals surface area contributed by atoms with Crippen molar-refractivity contribution in [3.05, 3.63) is 96.3 Å². The van der Waals surface area contributed by atoms with Crippen molar-refractivity contribution in [1.29, 1.82) is 0 Å². The molecule has 0 bridgehead atoms. The van der Waals surface area contributed by atoms with Crippen LogP contribution in [0.3, 0.4) is 0 Å². The van der Waals surface area contributed by atoms with Crippen LogP contribution in [-0.4, -0.2) is 30.5 Å². The molecule has 0 saturated carbocycles. The lowest BCUT2D eigenvalue weighted by Crippen LogP contribution is -2.13. The first-order valence-electron chi connectivity index (χ1n) is 10.3. The third-order valence-electron chi connectivity index (χ3n) is 5.67. The third-order valence-corrected chi connectivity index (χ3v) is 7.41. The van der Waals surface area contributed by atoms with Crippen LogP contribution in [0.4, 0.5) is 0 Å². The highest BCUT2D eigenvalue weighted by molar-refractivity contribution is 7.90. The molecule has 0 aliphatic heterocycles. The molecular formula is C26H20N2O4S. The van der Waals surface area contributed by atoms with Gasteiger partial charge in [-0.2, -0.15) is 0 Å². The topological polar surface area (TPSA) is 78.3 Å². The number of nitrogens with zero attached hydrogens (tertiary/aromatic N) is 2. The SMILES string of the molecule is COC(=O)c1ncc2c(c1-c1ccccc1)c1ccccc1n2S(=O)(=O)c1ccc(C)cc1. The molecule has 0 atom stereocenters. The van der Waals surface area contributed by atoms with Gasteiger partial charge in [0.15, 0.2) is 5.69 Å². The van der Waals surface area contributed by atoms with E-state index in [0.717, 1.165) is 11.1 Å². The number of para-hydroxylation sites is 1. The Morgan fingerprint density at radius 2 is 1.55 bits per heavy atom. The molecule has 0 amide bonds. The van der Waals surface area contributed by atoms with Gasteiger partial charge in [-0.25, -0.2) is 22.2 Å². The third kappa shape index (κ3) is 3.29. The van der Waals surface area contributed by atoms with E-state index in [2.05, 4.69) is 4.98 Å². The summed E-state index contributed by atoms with van der Waals surface area (Å²) in [6.07, 6.45) is 1.43. The minimum absolute atomic E-state index is 0.131. The zero-order chi connectivity index (χ0) is 23.2. The summed E-state index contributed by atoms with van der Waals surface area (Å²) in [5.74, 6) is -0.589. The van der Waals surface area contributed by atoms with Crippen LogP contribution in [0.1, 0.15) is 16.1 Å². The summed E-state index contributed by atoms with van der Waals surface area (Å²) in [6, 6.07) is 23.3. The summed E-state index contributed by atoms with van der Waals surface area (Å²) >= 11 is 0. The number of esters is 1. The van der Waals surface area contributed by atoms with Gasteiger partial charge in [0, 0.05) is 16.3 Å². The predicted molar refractivity (Wildman–Crippen MR) is 128 cm³/mol. The normalized spacial score (nSPS) is 11.7. The number of hydrogen-bond acceptors (Lipinski definition) is 5. The Morgan fingerprint density at radius 3 is 2.24 bits per heavy atom. The van der Waals surface area contributed by atoms with Crippen LogP contribution in [0.25, 0.3) is 32.9 Å². The van der Waals surface area contributed by atoms with Crippen molar-refractivity contribution in [3.63, 3.8) is 0 Å². The van der Waals surface area contributed by atoms with E-state index in [9.17, 15) is 13.2 Å². The molecule has 0 unspecified atom stereocenters. The largest absolute Gasteiger partial charge is 0.464 e. The van der Waals surface area contributed by atoms with Crippen molar-refractivity contribution in [2.45, 2.75) is 11.8 Å². The number of ether oxygens (including phenoxy) is 1. The van der Waals surface area contributed by atoms with E-state index < -0.39 is 16.0 Å². The molecule has 7 heteroatoms. The summed E-state index contributed by atoms with van der Waals surface area (Å²) in [5.41, 5.74) is 3.27. The second kappa shape index (κ2) is 7.86. The van der Waals surface area contributed by atoms with Crippen LogP contribution >= 0.6 is 0 Å². The van der Waals surface area contributed by atoms with E-state index in [0.29, 0.717) is 27.4 Å². The van der Waals surface area contributed by atoms with Gasteiger partial charge in [-0.15, -0.1) is 0 Å². The number of rotatable bonds is 4. The fourth-order valence-electron chi connectivity index (χ4n) is 4.13. The van der Waals surface area contributed by atoms with Crippen molar-refractivity contribution in [2.75, 3.05) is 7.11 Å². The first-order valence-corrected chi connectivity index (χ1v) is 11.8. The van der Waals surface area contributed by atoms with Crippen molar-refractivity contribution in [1.82, 2.24) is 8.96 Å². The number of pyridine rings is 1. The number of fused-ring (bicyclic) bond motifs is 3. The van der Waals surface area contributed by atoms with E-state index in [1.807, 2.05) is 49.4 Å². The maximum atomic E-state index is 13.8. The quantitative estimate of drug-likeness (QED) is 0.348. The number of carbonyl (C=O) groups is 1. The smallest absolute Gasteiger partial charge is 0.357 e. The molecule has 2 aromatic heterocycles. The van der Waals surface area contributed by atoms with E-state index in [1.165, 1.54) is 17.3 Å². The summed E-state index contributed by atoms with van der Waals surface area (Å²) in [6.45, 7) is 1.90. The lowest BCUT2D eigenvalue weighted by Gasteiger charge is -2.12. The molecule has 0 radical (unpaired) electrons. The average molecular weight is 457 g/mol. The highest BCUT2D eigenvalue weighted by Gasteiger charge is 2.28. The molecule has 6 nitrogen and oxygen atoms in total. The van der Waals surface area contributed by atoms with Gasteiger partial charge < -0.3 is 4.74 Å². The van der Waals surface area contributed by atoms with Gasteiger partial charge >= 0.3 is 5.97 Å². The first-order chi connectivity index (χ1) is 15.9. The monoisotopic (exact) mass is 456 g/mol. The lowest BCUT2D eigenvalue weighted by atomic mass is 9.98. The number of aromatic nitrogens is 2. The number of methoxy groups -OCH3 is 1. The van der Waals surface area contributed by atoms with Crippen molar-refractivity contribution < 1.29 is 17.9 Å². The summed E-state index contributed by atoms with van der Waals surface area (Å²) in [7, 11) is -2.64. The van der Waals surface area contributed by atoms with Crippen LogP contribution in [0.5, 0.6) is 0 Å². The Labute approximate surface area is 191 Å². The maximum Gasteiger partial charge on any atom is 0.357 e. The molecule has 3 aromatic carbocycles. The summed E-state index contributed by atoms with van der Waals surface area (Å²) in [4.78, 5) is 17.2. The van der Waals surface area contributed by atoms with Gasteiger partial charge in [0.1, 0.15) is 0 Å². The van der Waals surface area contributed by atoms with Crippen molar-refractivity contribution >= 4 is 37.8 Å². The Bertz CT molecular complexity index is 1620. The molecule has 0 aliphatic carbocycles. The maximum absolute atomic E-state index is 13.8. The van der Waals surface area contributed by atoms with Crippen LogP contribution in [-0.2, 0) is 14.8 Å². The highest BCUT2D eigenvalue weighted by Crippen LogP contribution is 2.39. The molecule has 0 N–H and O–H groups in total. The first kappa shape index (κ1) is 20.9. The van der Waals surface area contributed by atoms with Gasteiger partial charge in [-0.1, -0.05) is 66.2 Å². The standard InChI is InChI=1S/C26H20N2O4S/c1-17-12-14-19(15-13-17)33(30,31)28-21-11-7-6-10-20(21)24-22(28)16-27-25(26(29)32-2)23(24)18-8-4-3-5-9-18/h3-16H,1-2H3. The van der Waals surface area contributed by atoms with Crippen molar-refractivity contribution in [3.8, 4) is 11.1 Å². The number of carbonyl (C=O) groups excluding carboxylic acids is 1. The van der Waals surface area contributed by atoms with Gasteiger partial charge in [0.2, 0.25) is 0 Å². The fourth-order valence-corrected chi connectivity index (χ4v) is 5.64. The van der Waals surface area contributed by atoms with E-state index >= 15 is 0 Å². The van der Waals surface area contributed by atoms with Gasteiger partial charge in [-0.05, 0) is 30.7 Å². The van der Waals surface area contributed by atoms with Gasteiger partial charge in [-0.3, -0.25) is 0 Å². The summed E-state index contributed by atoms with van der Waals surface area (Å²) in [5, 5.41) is 1.33. The average Bonchev–Trinajstić information content (AvgIpc) is 3.19. The van der Waals surface area contributed by atoms with E-state index in [4.69, 9.17) is 4.74 Å². The predicted octanol–water partition coefficient (Wildman–Crippen LogP) is 5.19. The zero-order valence-electron chi connectivity index (χ0n) is 18.0. The Morgan fingerprint density at radius 1 is 0.879 bits per heavy atom. The molecule has 0 fully saturated rings. The van der Waals surface area contributed by atoms with Gasteiger partial charge in [0.05, 0.1) is 29.2 Å². The number of hydrogen-bond donors (Lipinski definition) is 0. The van der Waals surface area contributed by atoms with Crippen LogP contribution in [0, 0.1) is 6.92 Å². The summed E-state index contributed by atoms with van der Waals surface area (Å²) < 4.78 is 33.9. The van der Waals surface area contributed by atoms with Crippen LogP contribution in [0.2, 0.25) is 0 Å². The molecule has 5 rings (SSSR count). The molecule has 2 heterocycles. The Hall–Kier alpha value is -3.97.